The Morgan fingerprint density at radius 3 is 2.53 bits per heavy atom. The Labute approximate surface area is 218 Å². The van der Waals surface area contributed by atoms with E-state index in [0.717, 1.165) is 33.2 Å². The predicted octanol–water partition coefficient (Wildman–Crippen LogP) is 5.61. The molecular formula is C30H20N6O2. The highest BCUT2D eigenvalue weighted by molar-refractivity contribution is 6.04. The van der Waals surface area contributed by atoms with E-state index in [1.807, 2.05) is 54.6 Å². The van der Waals surface area contributed by atoms with Crippen LogP contribution in [0.25, 0.3) is 33.2 Å². The number of fused-ring (bicyclic) bond motifs is 1. The first-order chi connectivity index (χ1) is 18.5. The Kier molecular flexibility index (Phi) is 6.65. The van der Waals surface area contributed by atoms with Gasteiger partial charge < -0.3 is 10.6 Å². The van der Waals surface area contributed by atoms with Crippen LogP contribution < -0.4 is 10.6 Å². The quantitative estimate of drug-likeness (QED) is 0.295. The fourth-order valence-corrected chi connectivity index (χ4v) is 4.02. The van der Waals surface area contributed by atoms with Crippen molar-refractivity contribution in [3.63, 3.8) is 0 Å². The SMILES string of the molecule is C=CC(=O)Nc1cccc(-c2cc(-c3ccc(C(=O)Nc4cc(C#N)ccn4)cc3)cc3cncnc23)c1. The molecule has 182 valence electrons. The lowest BCUT2D eigenvalue weighted by molar-refractivity contribution is -0.111. The number of carbonyl (C=O) groups excluding carboxylic acids is 2. The first-order valence-electron chi connectivity index (χ1n) is 11.6. The standard InChI is InChI=1S/C30H20N6O2/c1-2-28(37)35-25-5-3-4-22(14-25)26-15-23(13-24-17-32-18-34-29(24)26)20-6-8-21(9-7-20)30(38)36-27-12-19(16-31)10-11-33-27/h2-15,17-18H,1H2,(H,35,37)(H,33,36,38). The largest absolute Gasteiger partial charge is 0.323 e. The smallest absolute Gasteiger partial charge is 0.256 e. The number of nitrogens with zero attached hydrogens (tertiary/aromatic N) is 4. The molecule has 0 aliphatic carbocycles. The zero-order chi connectivity index (χ0) is 26.5. The lowest BCUT2D eigenvalue weighted by Gasteiger charge is -2.12. The first kappa shape index (κ1) is 24.0. The molecule has 0 spiro atoms. The van der Waals surface area contributed by atoms with Gasteiger partial charge in [0, 0.05) is 34.6 Å². The fourth-order valence-electron chi connectivity index (χ4n) is 4.02. The van der Waals surface area contributed by atoms with Crippen molar-refractivity contribution in [2.24, 2.45) is 0 Å². The van der Waals surface area contributed by atoms with E-state index in [1.54, 1.807) is 24.4 Å². The Morgan fingerprint density at radius 2 is 1.74 bits per heavy atom. The molecule has 38 heavy (non-hydrogen) atoms. The van der Waals surface area contributed by atoms with E-state index in [0.29, 0.717) is 22.6 Å². The summed E-state index contributed by atoms with van der Waals surface area (Å²) in [6.45, 7) is 3.50. The van der Waals surface area contributed by atoms with E-state index < -0.39 is 0 Å². The van der Waals surface area contributed by atoms with E-state index in [4.69, 9.17) is 5.26 Å². The van der Waals surface area contributed by atoms with E-state index in [9.17, 15) is 9.59 Å². The number of carbonyl (C=O) groups is 2. The number of benzene rings is 3. The summed E-state index contributed by atoms with van der Waals surface area (Å²) in [6.07, 6.45) is 5.95. The molecule has 3 aromatic carbocycles. The number of nitrogens with one attached hydrogen (secondary N) is 2. The molecule has 0 bridgehead atoms. The average molecular weight is 497 g/mol. The number of hydrogen-bond acceptors (Lipinski definition) is 6. The van der Waals surface area contributed by atoms with Crippen molar-refractivity contribution in [1.29, 1.82) is 5.26 Å². The number of hydrogen-bond donors (Lipinski definition) is 2. The monoisotopic (exact) mass is 496 g/mol. The summed E-state index contributed by atoms with van der Waals surface area (Å²) in [4.78, 5) is 37.3. The van der Waals surface area contributed by atoms with Crippen LogP contribution >= 0.6 is 0 Å². The number of rotatable bonds is 6. The molecule has 2 heterocycles. The molecule has 8 heteroatoms. The predicted molar refractivity (Wildman–Crippen MR) is 146 cm³/mol. The molecule has 0 aliphatic rings. The third kappa shape index (κ3) is 5.12. The highest BCUT2D eigenvalue weighted by Crippen LogP contribution is 2.34. The first-order valence-corrected chi connectivity index (χ1v) is 11.6. The highest BCUT2D eigenvalue weighted by Gasteiger charge is 2.12. The highest BCUT2D eigenvalue weighted by atomic mass is 16.2. The molecule has 8 nitrogen and oxygen atoms in total. The second-order valence-corrected chi connectivity index (χ2v) is 8.33. The van der Waals surface area contributed by atoms with Crippen molar-refractivity contribution < 1.29 is 9.59 Å². The Morgan fingerprint density at radius 1 is 0.895 bits per heavy atom. The van der Waals surface area contributed by atoms with E-state index in [1.165, 1.54) is 24.7 Å². The van der Waals surface area contributed by atoms with Crippen molar-refractivity contribution >= 4 is 34.2 Å². The van der Waals surface area contributed by atoms with Crippen molar-refractivity contribution in [2.75, 3.05) is 10.6 Å². The lowest BCUT2D eigenvalue weighted by Crippen LogP contribution is -2.12. The minimum absolute atomic E-state index is 0.291. The number of aromatic nitrogens is 3. The van der Waals surface area contributed by atoms with Gasteiger partial charge in [0.2, 0.25) is 5.91 Å². The molecule has 0 aliphatic heterocycles. The van der Waals surface area contributed by atoms with Crippen LogP contribution in [0.5, 0.6) is 0 Å². The molecule has 2 N–H and O–H groups in total. The fraction of sp³-hybridized carbons (Fsp3) is 0. The molecule has 0 saturated carbocycles. The van der Waals surface area contributed by atoms with Crippen LogP contribution in [-0.4, -0.2) is 26.8 Å². The van der Waals surface area contributed by atoms with Gasteiger partial charge in [-0.1, -0.05) is 30.8 Å². The van der Waals surface area contributed by atoms with Crippen molar-refractivity contribution in [1.82, 2.24) is 15.0 Å². The van der Waals surface area contributed by atoms with Gasteiger partial charge in [-0.15, -0.1) is 0 Å². The molecule has 5 rings (SSSR count). The average Bonchev–Trinajstić information content (AvgIpc) is 2.96. The molecule has 0 atom stereocenters. The summed E-state index contributed by atoms with van der Waals surface area (Å²) < 4.78 is 0. The topological polar surface area (TPSA) is 121 Å². The molecular weight excluding hydrogens is 476 g/mol. The molecule has 5 aromatic rings. The number of anilines is 2. The van der Waals surface area contributed by atoms with Gasteiger partial charge in [0.25, 0.3) is 5.91 Å². The molecule has 0 radical (unpaired) electrons. The maximum absolute atomic E-state index is 12.7. The lowest BCUT2D eigenvalue weighted by atomic mass is 9.95. The molecule has 0 unspecified atom stereocenters. The summed E-state index contributed by atoms with van der Waals surface area (Å²) >= 11 is 0. The van der Waals surface area contributed by atoms with Gasteiger partial charge in [-0.3, -0.25) is 9.59 Å². The Bertz CT molecular complexity index is 1740. The van der Waals surface area contributed by atoms with E-state index in [2.05, 4.69) is 32.2 Å². The maximum atomic E-state index is 12.7. The van der Waals surface area contributed by atoms with E-state index >= 15 is 0 Å². The number of amides is 2. The van der Waals surface area contributed by atoms with Crippen LogP contribution in [0, 0.1) is 11.3 Å². The second kappa shape index (κ2) is 10.5. The van der Waals surface area contributed by atoms with Gasteiger partial charge in [0.05, 0.1) is 17.1 Å². The second-order valence-electron chi connectivity index (χ2n) is 8.33. The van der Waals surface area contributed by atoms with Crippen molar-refractivity contribution in [3.05, 3.63) is 115 Å². The summed E-state index contributed by atoms with van der Waals surface area (Å²) in [5.41, 5.74) is 5.85. The zero-order valence-corrected chi connectivity index (χ0v) is 20.1. The third-order valence-corrected chi connectivity index (χ3v) is 5.84. The van der Waals surface area contributed by atoms with E-state index in [-0.39, 0.29) is 11.8 Å². The van der Waals surface area contributed by atoms with Crippen LogP contribution in [0.4, 0.5) is 11.5 Å². The van der Waals surface area contributed by atoms with Gasteiger partial charge in [0.15, 0.2) is 0 Å². The summed E-state index contributed by atoms with van der Waals surface area (Å²) in [7, 11) is 0. The van der Waals surface area contributed by atoms with Crippen LogP contribution in [0.2, 0.25) is 0 Å². The minimum Gasteiger partial charge on any atom is -0.323 e. The summed E-state index contributed by atoms with van der Waals surface area (Å²) in [5, 5.41) is 15.4. The van der Waals surface area contributed by atoms with Crippen LogP contribution in [0.1, 0.15) is 15.9 Å². The van der Waals surface area contributed by atoms with Crippen molar-refractivity contribution in [2.45, 2.75) is 0 Å². The maximum Gasteiger partial charge on any atom is 0.256 e. The van der Waals surface area contributed by atoms with Gasteiger partial charge in [-0.2, -0.15) is 5.26 Å². The third-order valence-electron chi connectivity index (χ3n) is 5.84. The van der Waals surface area contributed by atoms with Crippen LogP contribution in [-0.2, 0) is 4.79 Å². The minimum atomic E-state index is -0.329. The normalized spacial score (nSPS) is 10.4. The Balaban J connectivity index is 1.48. The van der Waals surface area contributed by atoms with Crippen LogP contribution in [0.3, 0.4) is 0 Å². The molecule has 2 aromatic heterocycles. The van der Waals surface area contributed by atoms with Gasteiger partial charge in [-0.25, -0.2) is 15.0 Å². The summed E-state index contributed by atoms with van der Waals surface area (Å²) in [5.74, 6) is -0.310. The summed E-state index contributed by atoms with van der Waals surface area (Å²) in [6, 6.07) is 23.8. The van der Waals surface area contributed by atoms with Gasteiger partial charge >= 0.3 is 0 Å². The Hall–Kier alpha value is -5.68. The van der Waals surface area contributed by atoms with Crippen LogP contribution in [0.15, 0.2) is 104 Å². The van der Waals surface area contributed by atoms with Crippen molar-refractivity contribution in [3.8, 4) is 28.3 Å². The number of pyridine rings is 1. The van der Waals surface area contributed by atoms with Gasteiger partial charge in [0.1, 0.15) is 12.1 Å². The molecule has 0 saturated heterocycles. The number of nitriles is 1. The molecule has 2 amide bonds. The molecule has 0 fully saturated rings. The zero-order valence-electron chi connectivity index (χ0n) is 20.1. The van der Waals surface area contributed by atoms with Gasteiger partial charge in [-0.05, 0) is 71.3 Å².